The number of aromatic nitrogens is 3. The third-order valence-electron chi connectivity index (χ3n) is 7.30. The van der Waals surface area contributed by atoms with Crippen LogP contribution in [0.15, 0.2) is 54.9 Å². The van der Waals surface area contributed by atoms with Gasteiger partial charge in [0.05, 0.1) is 24.3 Å². The Morgan fingerprint density at radius 1 is 1.18 bits per heavy atom. The van der Waals surface area contributed by atoms with Crippen molar-refractivity contribution in [1.29, 1.82) is 0 Å². The maximum Gasteiger partial charge on any atom is 0.417 e. The van der Waals surface area contributed by atoms with Crippen LogP contribution in [0.25, 0.3) is 16.8 Å². The summed E-state index contributed by atoms with van der Waals surface area (Å²) in [6, 6.07) is 11.9. The molecule has 2 atom stereocenters. The van der Waals surface area contributed by atoms with E-state index in [0.717, 1.165) is 5.56 Å². The van der Waals surface area contributed by atoms with E-state index in [0.29, 0.717) is 34.6 Å². The Labute approximate surface area is 226 Å². The van der Waals surface area contributed by atoms with Gasteiger partial charge in [0.15, 0.2) is 0 Å². The number of rotatable bonds is 6. The molecule has 206 valence electrons. The van der Waals surface area contributed by atoms with E-state index in [1.807, 2.05) is 0 Å². The summed E-state index contributed by atoms with van der Waals surface area (Å²) in [4.78, 5) is 15.2. The predicted molar refractivity (Wildman–Crippen MR) is 135 cm³/mol. The van der Waals surface area contributed by atoms with Gasteiger partial charge in [0.25, 0.3) is 0 Å². The van der Waals surface area contributed by atoms with Crippen LogP contribution in [0.1, 0.15) is 52.9 Å². The van der Waals surface area contributed by atoms with Gasteiger partial charge in [-0.25, -0.2) is 14.1 Å². The molecule has 4 aromatic rings. The molecule has 1 aromatic heterocycles. The number of carboxylic acid groups (broad SMARTS) is 1. The van der Waals surface area contributed by atoms with Crippen LogP contribution in [-0.2, 0) is 17.4 Å². The maximum atomic E-state index is 15.3. The smallest absolute Gasteiger partial charge is 0.417 e. The predicted octanol–water partition coefficient (Wildman–Crippen LogP) is 6.42. The number of alkyl halides is 3. The fourth-order valence-corrected chi connectivity index (χ4v) is 5.54. The lowest BCUT2D eigenvalue weighted by Gasteiger charge is -2.21. The summed E-state index contributed by atoms with van der Waals surface area (Å²) in [7, 11) is 0. The summed E-state index contributed by atoms with van der Waals surface area (Å²) in [6.45, 7) is 1.96. The zero-order valence-electron chi connectivity index (χ0n) is 21.2. The standard InChI is InChI=1S/C29H23F4N3O4/c1-15-34-14-36(35-15)18-4-2-16(3-5-18)27-21-8-9-24(28(21)23(30)12-22(27)29(31,32)33)40-19-6-7-20-17(10-26(37)38)13-39-25(20)11-19/h2-7,11-12,14,17,24H,8-10,13H2,1H3,(H,37,38)/t17?,24-/m1/s1. The molecule has 1 unspecified atom stereocenters. The number of halogens is 4. The number of carbonyl (C=O) groups is 1. The van der Waals surface area contributed by atoms with Gasteiger partial charge in [-0.2, -0.15) is 18.3 Å². The lowest BCUT2D eigenvalue weighted by molar-refractivity contribution is -0.138. The van der Waals surface area contributed by atoms with E-state index in [9.17, 15) is 18.0 Å². The zero-order valence-corrected chi connectivity index (χ0v) is 21.2. The Balaban J connectivity index is 1.35. The fraction of sp³-hybridized carbons (Fsp3) is 0.276. The van der Waals surface area contributed by atoms with Crippen molar-refractivity contribution in [3.8, 4) is 28.3 Å². The Bertz CT molecular complexity index is 1620. The minimum Gasteiger partial charge on any atom is -0.492 e. The molecular weight excluding hydrogens is 530 g/mol. The average molecular weight is 554 g/mol. The molecule has 40 heavy (non-hydrogen) atoms. The van der Waals surface area contributed by atoms with Gasteiger partial charge in [-0.15, -0.1) is 0 Å². The number of benzene rings is 3. The first-order valence-electron chi connectivity index (χ1n) is 12.6. The lowest BCUT2D eigenvalue weighted by Crippen LogP contribution is -2.13. The topological polar surface area (TPSA) is 86.5 Å². The summed E-state index contributed by atoms with van der Waals surface area (Å²) < 4.78 is 71.0. The monoisotopic (exact) mass is 553 g/mol. The quantitative estimate of drug-likeness (QED) is 0.278. The summed E-state index contributed by atoms with van der Waals surface area (Å²) in [5.41, 5.74) is 0.941. The molecule has 1 aliphatic heterocycles. The van der Waals surface area contributed by atoms with E-state index in [-0.39, 0.29) is 48.5 Å². The molecule has 0 saturated carbocycles. The Morgan fingerprint density at radius 3 is 2.62 bits per heavy atom. The highest BCUT2D eigenvalue weighted by atomic mass is 19.4. The van der Waals surface area contributed by atoms with Gasteiger partial charge in [0.2, 0.25) is 0 Å². The van der Waals surface area contributed by atoms with Crippen LogP contribution in [0.3, 0.4) is 0 Å². The number of hydrogen-bond donors (Lipinski definition) is 1. The van der Waals surface area contributed by atoms with E-state index in [1.54, 1.807) is 49.4 Å². The summed E-state index contributed by atoms with van der Waals surface area (Å²) >= 11 is 0. The molecule has 7 nitrogen and oxygen atoms in total. The number of fused-ring (bicyclic) bond motifs is 2. The van der Waals surface area contributed by atoms with Crippen LogP contribution in [0.5, 0.6) is 11.5 Å². The minimum absolute atomic E-state index is 0.0647. The van der Waals surface area contributed by atoms with Crippen molar-refractivity contribution in [2.75, 3.05) is 6.61 Å². The van der Waals surface area contributed by atoms with Crippen molar-refractivity contribution in [3.63, 3.8) is 0 Å². The molecule has 2 aliphatic rings. The van der Waals surface area contributed by atoms with Crippen molar-refractivity contribution in [2.45, 2.75) is 44.4 Å². The van der Waals surface area contributed by atoms with Crippen molar-refractivity contribution in [2.24, 2.45) is 0 Å². The maximum absolute atomic E-state index is 15.3. The van der Waals surface area contributed by atoms with Crippen LogP contribution in [0.2, 0.25) is 0 Å². The highest BCUT2D eigenvalue weighted by Crippen LogP contribution is 2.48. The molecule has 6 rings (SSSR count). The minimum atomic E-state index is -4.77. The number of nitrogens with zero attached hydrogens (tertiary/aromatic N) is 3. The first-order chi connectivity index (χ1) is 19.1. The van der Waals surface area contributed by atoms with Gasteiger partial charge >= 0.3 is 12.1 Å². The third kappa shape index (κ3) is 4.65. The van der Waals surface area contributed by atoms with Gasteiger partial charge in [0.1, 0.15) is 35.6 Å². The van der Waals surface area contributed by atoms with Crippen LogP contribution >= 0.6 is 0 Å². The molecule has 0 spiro atoms. The second-order valence-corrected chi connectivity index (χ2v) is 9.90. The molecule has 11 heteroatoms. The van der Waals surface area contributed by atoms with Crippen molar-refractivity contribution in [3.05, 3.63) is 88.8 Å². The summed E-state index contributed by atoms with van der Waals surface area (Å²) in [5.74, 6) is -0.784. The van der Waals surface area contributed by atoms with Crippen LogP contribution in [0, 0.1) is 12.7 Å². The molecule has 1 N–H and O–H groups in total. The molecule has 0 fully saturated rings. The molecular formula is C29H23F4N3O4. The van der Waals surface area contributed by atoms with E-state index in [4.69, 9.17) is 14.6 Å². The van der Waals surface area contributed by atoms with Gasteiger partial charge in [-0.05, 0) is 60.7 Å². The van der Waals surface area contributed by atoms with Crippen molar-refractivity contribution in [1.82, 2.24) is 14.8 Å². The van der Waals surface area contributed by atoms with Crippen LogP contribution in [-0.4, -0.2) is 32.4 Å². The SMILES string of the molecule is Cc1ncn(-c2ccc(-c3c(C(F)(F)F)cc(F)c4c3CC[C@H]4Oc3ccc4c(c3)OCC4CC(=O)O)cc2)n1. The van der Waals surface area contributed by atoms with E-state index >= 15 is 4.39 Å². The van der Waals surface area contributed by atoms with E-state index in [2.05, 4.69) is 10.1 Å². The highest BCUT2D eigenvalue weighted by molar-refractivity contribution is 5.75. The second kappa shape index (κ2) is 9.65. The summed E-state index contributed by atoms with van der Waals surface area (Å²) in [6.07, 6.45) is -3.64. The number of aryl methyl sites for hydroxylation is 1. The molecule has 0 bridgehead atoms. The molecule has 0 saturated heterocycles. The molecule has 0 radical (unpaired) electrons. The Kier molecular flexibility index (Phi) is 6.24. The molecule has 3 aromatic carbocycles. The normalized spacial score (nSPS) is 17.8. The highest BCUT2D eigenvalue weighted by Gasteiger charge is 2.40. The summed E-state index contributed by atoms with van der Waals surface area (Å²) in [5, 5.41) is 13.3. The van der Waals surface area contributed by atoms with Gasteiger partial charge < -0.3 is 14.6 Å². The average Bonchev–Trinajstić information content (AvgIpc) is 3.63. The van der Waals surface area contributed by atoms with Gasteiger partial charge in [-0.1, -0.05) is 18.2 Å². The van der Waals surface area contributed by atoms with Gasteiger partial charge in [0, 0.05) is 23.1 Å². The number of carboxylic acids is 1. The first kappa shape index (κ1) is 25.8. The first-order valence-corrected chi connectivity index (χ1v) is 12.6. The zero-order chi connectivity index (χ0) is 28.2. The van der Waals surface area contributed by atoms with Crippen LogP contribution < -0.4 is 9.47 Å². The number of aliphatic carboxylic acids is 1. The van der Waals surface area contributed by atoms with E-state index in [1.165, 1.54) is 11.0 Å². The number of hydrogen-bond acceptors (Lipinski definition) is 5. The second-order valence-electron chi connectivity index (χ2n) is 9.90. The lowest BCUT2D eigenvalue weighted by atomic mass is 9.90. The van der Waals surface area contributed by atoms with Crippen molar-refractivity contribution < 1.29 is 36.9 Å². The molecule has 2 heterocycles. The van der Waals surface area contributed by atoms with Crippen LogP contribution in [0.4, 0.5) is 17.6 Å². The Hall–Kier alpha value is -4.41. The molecule has 0 amide bonds. The largest absolute Gasteiger partial charge is 0.492 e. The number of ether oxygens (including phenoxy) is 2. The Morgan fingerprint density at radius 2 is 1.95 bits per heavy atom. The fourth-order valence-electron chi connectivity index (χ4n) is 5.54. The van der Waals surface area contributed by atoms with E-state index < -0.39 is 29.6 Å². The van der Waals surface area contributed by atoms with Gasteiger partial charge in [-0.3, -0.25) is 4.79 Å². The van der Waals surface area contributed by atoms with Crippen molar-refractivity contribution >= 4 is 5.97 Å². The molecule has 1 aliphatic carbocycles. The third-order valence-corrected chi connectivity index (χ3v) is 7.30.